The van der Waals surface area contributed by atoms with Crippen LogP contribution in [0.15, 0.2) is 24.3 Å². The van der Waals surface area contributed by atoms with E-state index in [1.165, 1.54) is 6.92 Å². The van der Waals surface area contributed by atoms with Gasteiger partial charge in [0, 0.05) is 24.8 Å². The number of halogens is 1. The van der Waals surface area contributed by atoms with Crippen LogP contribution in [-0.2, 0) is 9.59 Å². The number of carbonyl (C=O) groups is 2. The minimum atomic E-state index is -0.234. The maximum Gasteiger partial charge on any atom is 0.243 e. The predicted molar refractivity (Wildman–Crippen MR) is 99.1 cm³/mol. The van der Waals surface area contributed by atoms with Gasteiger partial charge < -0.3 is 15.5 Å². The summed E-state index contributed by atoms with van der Waals surface area (Å²) in [6, 6.07) is 8.81. The van der Waals surface area contributed by atoms with E-state index in [1.54, 1.807) is 29.2 Å². The highest BCUT2D eigenvalue weighted by Crippen LogP contribution is 2.30. The Kier molecular flexibility index (Phi) is 6.33. The Morgan fingerprint density at radius 1 is 1.28 bits per heavy atom. The van der Waals surface area contributed by atoms with E-state index in [-0.39, 0.29) is 29.1 Å². The Balaban J connectivity index is 2.03. The van der Waals surface area contributed by atoms with Gasteiger partial charge in [0.2, 0.25) is 11.8 Å². The highest BCUT2D eigenvalue weighted by atomic mass is 35.5. The van der Waals surface area contributed by atoms with E-state index in [0.29, 0.717) is 22.9 Å². The summed E-state index contributed by atoms with van der Waals surface area (Å²) in [4.78, 5) is 25.0. The molecule has 0 atom stereocenters. The third-order valence-corrected chi connectivity index (χ3v) is 4.52. The van der Waals surface area contributed by atoms with Gasteiger partial charge in [-0.05, 0) is 42.7 Å². The number of likely N-dealkylation sites (N-methyl/N-ethyl adjacent to an activating group) is 1. The molecule has 0 saturated heterocycles. The van der Waals surface area contributed by atoms with Crippen molar-refractivity contribution in [2.24, 2.45) is 0 Å². The molecule has 0 aliphatic rings. The van der Waals surface area contributed by atoms with Gasteiger partial charge in [-0.2, -0.15) is 9.64 Å². The Bertz CT molecular complexity index is 813. The molecule has 0 spiro atoms. The lowest BCUT2D eigenvalue weighted by Crippen LogP contribution is -2.33. The lowest BCUT2D eigenvalue weighted by molar-refractivity contribution is -0.115. The first-order chi connectivity index (χ1) is 11.9. The van der Waals surface area contributed by atoms with E-state index in [0.717, 1.165) is 11.5 Å². The van der Waals surface area contributed by atoms with Crippen LogP contribution in [0.3, 0.4) is 0 Å². The minimum absolute atomic E-state index is 0.0666. The van der Waals surface area contributed by atoms with Crippen LogP contribution in [0.4, 0.5) is 16.4 Å². The lowest BCUT2D eigenvalue weighted by atomic mass is 10.2. The maximum atomic E-state index is 12.3. The first-order valence-corrected chi connectivity index (χ1v) is 8.57. The van der Waals surface area contributed by atoms with E-state index in [9.17, 15) is 9.59 Å². The predicted octanol–water partition coefficient (Wildman–Crippen LogP) is 3.09. The average Bonchev–Trinajstić information content (AvgIpc) is 2.94. The van der Waals surface area contributed by atoms with E-state index in [4.69, 9.17) is 16.9 Å². The number of anilines is 3. The second kappa shape index (κ2) is 8.46. The zero-order chi connectivity index (χ0) is 18.4. The standard InChI is InChI=1S/C16H16ClN5O2S/c1-3-22(16-13(8-18)15(17)21-25-16)9-14(24)20-12-6-4-11(5-7-12)19-10(2)23/h4-7H,3,9H2,1-2H3,(H,19,23)(H,20,24). The molecule has 130 valence electrons. The highest BCUT2D eigenvalue weighted by molar-refractivity contribution is 7.10. The molecule has 0 radical (unpaired) electrons. The fourth-order valence-electron chi connectivity index (χ4n) is 2.11. The number of hydrogen-bond donors (Lipinski definition) is 2. The van der Waals surface area contributed by atoms with Gasteiger partial charge in [0.05, 0.1) is 6.54 Å². The molecule has 1 heterocycles. The number of nitriles is 1. The quantitative estimate of drug-likeness (QED) is 0.806. The molecular formula is C16H16ClN5O2S. The molecule has 0 fully saturated rings. The third-order valence-electron chi connectivity index (χ3n) is 3.24. The number of hydrogen-bond acceptors (Lipinski definition) is 6. The summed E-state index contributed by atoms with van der Waals surface area (Å²) in [7, 11) is 0. The molecule has 1 aromatic carbocycles. The van der Waals surface area contributed by atoms with Crippen LogP contribution in [0.2, 0.25) is 5.15 Å². The van der Waals surface area contributed by atoms with Crippen molar-refractivity contribution in [2.75, 3.05) is 28.6 Å². The summed E-state index contributed by atoms with van der Waals surface area (Å²) in [6.07, 6.45) is 0. The summed E-state index contributed by atoms with van der Waals surface area (Å²) >= 11 is 6.97. The maximum absolute atomic E-state index is 12.3. The van der Waals surface area contributed by atoms with E-state index in [2.05, 4.69) is 15.0 Å². The number of nitrogens with one attached hydrogen (secondary N) is 2. The molecule has 25 heavy (non-hydrogen) atoms. The van der Waals surface area contributed by atoms with Crippen molar-refractivity contribution in [3.8, 4) is 6.07 Å². The second-order valence-electron chi connectivity index (χ2n) is 5.09. The summed E-state index contributed by atoms with van der Waals surface area (Å²) in [5.74, 6) is -0.394. The van der Waals surface area contributed by atoms with E-state index >= 15 is 0 Å². The van der Waals surface area contributed by atoms with Gasteiger partial charge in [0.1, 0.15) is 16.6 Å². The second-order valence-corrected chi connectivity index (χ2v) is 6.20. The molecule has 2 amide bonds. The van der Waals surface area contributed by atoms with Crippen LogP contribution in [-0.4, -0.2) is 29.3 Å². The largest absolute Gasteiger partial charge is 0.352 e. The Labute approximate surface area is 154 Å². The SMILES string of the molecule is CCN(CC(=O)Nc1ccc(NC(C)=O)cc1)c1snc(Cl)c1C#N. The van der Waals surface area contributed by atoms with Gasteiger partial charge >= 0.3 is 0 Å². The Hall–Kier alpha value is -2.63. The van der Waals surface area contributed by atoms with E-state index < -0.39 is 0 Å². The zero-order valence-electron chi connectivity index (χ0n) is 13.7. The zero-order valence-corrected chi connectivity index (χ0v) is 15.2. The van der Waals surface area contributed by atoms with Crippen LogP contribution < -0.4 is 15.5 Å². The third kappa shape index (κ3) is 4.92. The van der Waals surface area contributed by atoms with Crippen LogP contribution in [0, 0.1) is 11.3 Å². The van der Waals surface area contributed by atoms with Crippen molar-refractivity contribution in [3.05, 3.63) is 35.0 Å². The Morgan fingerprint density at radius 3 is 2.40 bits per heavy atom. The minimum Gasteiger partial charge on any atom is -0.352 e. The monoisotopic (exact) mass is 377 g/mol. The van der Waals surface area contributed by atoms with Crippen molar-refractivity contribution < 1.29 is 9.59 Å². The van der Waals surface area contributed by atoms with Crippen LogP contribution in [0.25, 0.3) is 0 Å². The Morgan fingerprint density at radius 2 is 1.88 bits per heavy atom. The van der Waals surface area contributed by atoms with E-state index in [1.807, 2.05) is 13.0 Å². The fraction of sp³-hybridized carbons (Fsp3) is 0.250. The fourth-order valence-corrected chi connectivity index (χ4v) is 3.21. The molecule has 0 bridgehead atoms. The first kappa shape index (κ1) is 18.7. The molecule has 0 aliphatic heterocycles. The average molecular weight is 378 g/mol. The van der Waals surface area contributed by atoms with Gasteiger partial charge in [0.25, 0.3) is 0 Å². The number of rotatable bonds is 6. The molecule has 9 heteroatoms. The summed E-state index contributed by atoms with van der Waals surface area (Å²) in [6.45, 7) is 3.90. The highest BCUT2D eigenvalue weighted by Gasteiger charge is 2.19. The van der Waals surface area contributed by atoms with Crippen molar-refractivity contribution in [1.82, 2.24) is 4.37 Å². The summed E-state index contributed by atoms with van der Waals surface area (Å²) in [5.41, 5.74) is 1.54. The van der Waals surface area contributed by atoms with Crippen molar-refractivity contribution in [2.45, 2.75) is 13.8 Å². The molecule has 7 nitrogen and oxygen atoms in total. The molecule has 1 aromatic heterocycles. The van der Waals surface area contributed by atoms with Gasteiger partial charge in [-0.15, -0.1) is 0 Å². The molecule has 0 saturated carbocycles. The van der Waals surface area contributed by atoms with Crippen LogP contribution in [0.1, 0.15) is 19.4 Å². The summed E-state index contributed by atoms with van der Waals surface area (Å²) < 4.78 is 3.96. The number of aromatic nitrogens is 1. The van der Waals surface area contributed by atoms with Crippen LogP contribution >= 0.6 is 23.1 Å². The summed E-state index contributed by atoms with van der Waals surface area (Å²) in [5, 5.41) is 15.3. The number of nitrogens with zero attached hydrogens (tertiary/aromatic N) is 3. The molecule has 0 unspecified atom stereocenters. The van der Waals surface area contributed by atoms with Gasteiger partial charge in [-0.1, -0.05) is 11.6 Å². The topological polar surface area (TPSA) is 98.1 Å². The number of benzene rings is 1. The van der Waals surface area contributed by atoms with Crippen molar-refractivity contribution >= 4 is 51.3 Å². The van der Waals surface area contributed by atoms with Crippen molar-refractivity contribution in [3.63, 3.8) is 0 Å². The number of carbonyl (C=O) groups excluding carboxylic acids is 2. The van der Waals surface area contributed by atoms with Crippen LogP contribution in [0.5, 0.6) is 0 Å². The molecule has 2 aromatic rings. The molecule has 2 N–H and O–H groups in total. The molecular weight excluding hydrogens is 362 g/mol. The lowest BCUT2D eigenvalue weighted by Gasteiger charge is -2.20. The smallest absolute Gasteiger partial charge is 0.243 e. The first-order valence-electron chi connectivity index (χ1n) is 7.42. The normalized spacial score (nSPS) is 10.0. The molecule has 2 rings (SSSR count). The van der Waals surface area contributed by atoms with Gasteiger partial charge in [-0.25, -0.2) is 0 Å². The van der Waals surface area contributed by atoms with Crippen molar-refractivity contribution in [1.29, 1.82) is 5.26 Å². The van der Waals surface area contributed by atoms with Gasteiger partial charge in [0.15, 0.2) is 5.15 Å². The molecule has 0 aliphatic carbocycles. The van der Waals surface area contributed by atoms with Gasteiger partial charge in [-0.3, -0.25) is 9.59 Å². The number of amides is 2.